The highest BCUT2D eigenvalue weighted by Crippen LogP contribution is 2.14. The van der Waals surface area contributed by atoms with E-state index in [1.807, 2.05) is 43.0 Å². The van der Waals surface area contributed by atoms with E-state index in [2.05, 4.69) is 0 Å². The van der Waals surface area contributed by atoms with Crippen LogP contribution in [0, 0.1) is 0 Å². The molecule has 1 aliphatic rings. The lowest BCUT2D eigenvalue weighted by Crippen LogP contribution is -2.50. The highest BCUT2D eigenvalue weighted by molar-refractivity contribution is 5.79. The summed E-state index contributed by atoms with van der Waals surface area (Å²) < 4.78 is 5.53. The smallest absolute Gasteiger partial charge is 0.227 e. The number of carbonyl (C=O) groups is 1. The molecule has 2 N–H and O–H groups in total. The minimum Gasteiger partial charge on any atom is -0.399 e. The third-order valence-corrected chi connectivity index (χ3v) is 3.23. The first kappa shape index (κ1) is 12.9. The van der Waals surface area contributed by atoms with Gasteiger partial charge in [0.1, 0.15) is 0 Å². The number of rotatable bonds is 2. The third kappa shape index (κ3) is 3.01. The molecule has 2 unspecified atom stereocenters. The van der Waals surface area contributed by atoms with E-state index in [0.717, 1.165) is 5.56 Å². The van der Waals surface area contributed by atoms with Gasteiger partial charge in [0.15, 0.2) is 0 Å². The zero-order chi connectivity index (χ0) is 13.1. The second-order valence-corrected chi connectivity index (χ2v) is 4.96. The van der Waals surface area contributed by atoms with Crippen molar-refractivity contribution in [2.24, 2.45) is 0 Å². The number of ether oxygens (including phenoxy) is 1. The summed E-state index contributed by atoms with van der Waals surface area (Å²) in [4.78, 5) is 14.2. The molecule has 98 valence electrons. The van der Waals surface area contributed by atoms with Crippen LogP contribution < -0.4 is 5.73 Å². The van der Waals surface area contributed by atoms with E-state index in [-0.39, 0.29) is 18.1 Å². The fourth-order valence-corrected chi connectivity index (χ4v) is 2.23. The quantitative estimate of drug-likeness (QED) is 0.806. The molecule has 18 heavy (non-hydrogen) atoms. The standard InChI is InChI=1S/C14H20N2O2/c1-10-9-18-11(2)8-16(10)14(17)7-12-4-3-5-13(15)6-12/h3-6,10-11H,7-9,15H2,1-2H3. The summed E-state index contributed by atoms with van der Waals surface area (Å²) in [7, 11) is 0. The number of hydrogen-bond donors (Lipinski definition) is 1. The summed E-state index contributed by atoms with van der Waals surface area (Å²) in [6.45, 7) is 5.29. The molecule has 0 aromatic heterocycles. The maximum Gasteiger partial charge on any atom is 0.227 e. The Bertz CT molecular complexity index is 434. The number of carbonyl (C=O) groups excluding carboxylic acids is 1. The molecule has 2 rings (SSSR count). The minimum absolute atomic E-state index is 0.117. The first-order chi connectivity index (χ1) is 8.56. The van der Waals surface area contributed by atoms with Gasteiger partial charge in [-0.1, -0.05) is 12.1 Å². The van der Waals surface area contributed by atoms with Crippen LogP contribution in [-0.2, 0) is 16.0 Å². The van der Waals surface area contributed by atoms with E-state index in [1.54, 1.807) is 0 Å². The number of nitrogens with two attached hydrogens (primary N) is 1. The molecule has 0 aliphatic carbocycles. The van der Waals surface area contributed by atoms with Crippen LogP contribution in [0.4, 0.5) is 5.69 Å². The lowest BCUT2D eigenvalue weighted by molar-refractivity contribution is -0.142. The van der Waals surface area contributed by atoms with E-state index in [1.165, 1.54) is 0 Å². The Kier molecular flexibility index (Phi) is 3.87. The number of morpholine rings is 1. The summed E-state index contributed by atoms with van der Waals surface area (Å²) in [6, 6.07) is 7.64. The van der Waals surface area contributed by atoms with Gasteiger partial charge in [-0.15, -0.1) is 0 Å². The average molecular weight is 248 g/mol. The van der Waals surface area contributed by atoms with Gasteiger partial charge in [-0.3, -0.25) is 4.79 Å². The van der Waals surface area contributed by atoms with Crippen LogP contribution in [-0.4, -0.2) is 36.1 Å². The van der Waals surface area contributed by atoms with Crippen molar-refractivity contribution in [1.29, 1.82) is 0 Å². The van der Waals surface area contributed by atoms with E-state index < -0.39 is 0 Å². The number of benzene rings is 1. The monoisotopic (exact) mass is 248 g/mol. The summed E-state index contributed by atoms with van der Waals surface area (Å²) in [5.41, 5.74) is 7.38. The largest absolute Gasteiger partial charge is 0.399 e. The van der Waals surface area contributed by atoms with E-state index >= 15 is 0 Å². The van der Waals surface area contributed by atoms with Gasteiger partial charge in [0, 0.05) is 12.2 Å². The normalized spacial score (nSPS) is 24.0. The molecule has 1 aliphatic heterocycles. The number of amides is 1. The molecule has 0 saturated carbocycles. The first-order valence-electron chi connectivity index (χ1n) is 6.31. The average Bonchev–Trinajstić information content (AvgIpc) is 2.32. The molecule has 1 saturated heterocycles. The van der Waals surface area contributed by atoms with Crippen LogP contribution in [0.2, 0.25) is 0 Å². The maximum atomic E-state index is 12.3. The summed E-state index contributed by atoms with van der Waals surface area (Å²) in [5, 5.41) is 0. The maximum absolute atomic E-state index is 12.3. The van der Waals surface area contributed by atoms with Crippen molar-refractivity contribution in [3.05, 3.63) is 29.8 Å². The fraction of sp³-hybridized carbons (Fsp3) is 0.500. The Labute approximate surface area is 108 Å². The van der Waals surface area contributed by atoms with Gasteiger partial charge in [0.25, 0.3) is 0 Å². The number of hydrogen-bond acceptors (Lipinski definition) is 3. The highest BCUT2D eigenvalue weighted by Gasteiger charge is 2.27. The molecule has 1 aromatic carbocycles. The van der Waals surface area contributed by atoms with Crippen LogP contribution in [0.5, 0.6) is 0 Å². The Hall–Kier alpha value is -1.55. The lowest BCUT2D eigenvalue weighted by atomic mass is 10.1. The summed E-state index contributed by atoms with van der Waals surface area (Å²) >= 11 is 0. The SMILES string of the molecule is CC1CN(C(=O)Cc2cccc(N)c2)C(C)CO1. The topological polar surface area (TPSA) is 55.6 Å². The lowest BCUT2D eigenvalue weighted by Gasteiger charge is -2.37. The predicted molar refractivity (Wildman–Crippen MR) is 71.1 cm³/mol. The van der Waals surface area contributed by atoms with Crippen LogP contribution in [0.3, 0.4) is 0 Å². The molecule has 1 aromatic rings. The molecule has 1 fully saturated rings. The Morgan fingerprint density at radius 3 is 3.00 bits per heavy atom. The number of nitrogens with zero attached hydrogens (tertiary/aromatic N) is 1. The van der Waals surface area contributed by atoms with Gasteiger partial charge < -0.3 is 15.4 Å². The van der Waals surface area contributed by atoms with Crippen LogP contribution in [0.15, 0.2) is 24.3 Å². The van der Waals surface area contributed by atoms with Gasteiger partial charge in [-0.2, -0.15) is 0 Å². The van der Waals surface area contributed by atoms with Crippen LogP contribution >= 0.6 is 0 Å². The van der Waals surface area contributed by atoms with Gasteiger partial charge >= 0.3 is 0 Å². The van der Waals surface area contributed by atoms with E-state index in [0.29, 0.717) is 25.3 Å². The summed E-state index contributed by atoms with van der Waals surface area (Å²) in [5.74, 6) is 0.142. The predicted octanol–water partition coefficient (Wildman–Crippen LogP) is 1.45. The zero-order valence-electron chi connectivity index (χ0n) is 10.9. The molecule has 0 radical (unpaired) electrons. The van der Waals surface area contributed by atoms with Crippen molar-refractivity contribution >= 4 is 11.6 Å². The molecule has 1 amide bonds. The minimum atomic E-state index is 0.117. The third-order valence-electron chi connectivity index (χ3n) is 3.23. The Morgan fingerprint density at radius 2 is 2.28 bits per heavy atom. The molecular weight excluding hydrogens is 228 g/mol. The van der Waals surface area contributed by atoms with E-state index in [9.17, 15) is 4.79 Å². The highest BCUT2D eigenvalue weighted by atomic mass is 16.5. The van der Waals surface area contributed by atoms with Crippen molar-refractivity contribution < 1.29 is 9.53 Å². The molecule has 0 spiro atoms. The van der Waals surface area contributed by atoms with Gasteiger partial charge in [0.2, 0.25) is 5.91 Å². The molecule has 4 heteroatoms. The fourth-order valence-electron chi connectivity index (χ4n) is 2.23. The van der Waals surface area contributed by atoms with Crippen LogP contribution in [0.1, 0.15) is 19.4 Å². The van der Waals surface area contributed by atoms with Crippen molar-refractivity contribution in [3.63, 3.8) is 0 Å². The van der Waals surface area contributed by atoms with Crippen molar-refractivity contribution in [3.8, 4) is 0 Å². The van der Waals surface area contributed by atoms with Gasteiger partial charge in [-0.25, -0.2) is 0 Å². The number of nitrogen functional groups attached to an aromatic ring is 1. The Balaban J connectivity index is 2.02. The molecular formula is C14H20N2O2. The second kappa shape index (κ2) is 5.40. The van der Waals surface area contributed by atoms with Crippen LogP contribution in [0.25, 0.3) is 0 Å². The molecule has 2 atom stereocenters. The molecule has 0 bridgehead atoms. The van der Waals surface area contributed by atoms with Gasteiger partial charge in [0.05, 0.1) is 25.2 Å². The first-order valence-corrected chi connectivity index (χ1v) is 6.31. The Morgan fingerprint density at radius 1 is 1.50 bits per heavy atom. The van der Waals surface area contributed by atoms with Gasteiger partial charge in [-0.05, 0) is 31.5 Å². The number of anilines is 1. The van der Waals surface area contributed by atoms with Crippen molar-refractivity contribution in [2.45, 2.75) is 32.4 Å². The zero-order valence-corrected chi connectivity index (χ0v) is 10.9. The van der Waals surface area contributed by atoms with Crippen molar-refractivity contribution in [1.82, 2.24) is 4.90 Å². The second-order valence-electron chi connectivity index (χ2n) is 4.96. The molecule has 4 nitrogen and oxygen atoms in total. The summed E-state index contributed by atoms with van der Waals surface area (Å²) in [6.07, 6.45) is 0.522. The van der Waals surface area contributed by atoms with E-state index in [4.69, 9.17) is 10.5 Å². The van der Waals surface area contributed by atoms with Crippen molar-refractivity contribution in [2.75, 3.05) is 18.9 Å². The molecule has 1 heterocycles.